The normalized spacial score (nSPS) is 10.9. The Balaban J connectivity index is 1.56. The lowest BCUT2D eigenvalue weighted by Crippen LogP contribution is -2.44. The summed E-state index contributed by atoms with van der Waals surface area (Å²) >= 11 is 0. The van der Waals surface area contributed by atoms with Gasteiger partial charge in [-0.3, -0.25) is 14.6 Å². The first-order valence-corrected chi connectivity index (χ1v) is 12.7. The SMILES string of the molecule is COCCCN(CC(=O)N(CCc1c[nH]c2ccccc12)Cc1ccccc1OC)C(=O)c1cccnc1. The molecule has 0 unspecified atom stereocenters. The number of ether oxygens (including phenoxy) is 2. The zero-order valence-corrected chi connectivity index (χ0v) is 21.9. The Morgan fingerprint density at radius 3 is 2.53 bits per heavy atom. The molecule has 8 heteroatoms. The van der Waals surface area contributed by atoms with Crippen LogP contribution in [0.3, 0.4) is 0 Å². The third-order valence-corrected chi connectivity index (χ3v) is 6.53. The summed E-state index contributed by atoms with van der Waals surface area (Å²) in [5.74, 6) is 0.364. The van der Waals surface area contributed by atoms with E-state index in [1.165, 1.54) is 6.20 Å². The van der Waals surface area contributed by atoms with Gasteiger partial charge in [0.2, 0.25) is 5.91 Å². The van der Waals surface area contributed by atoms with E-state index in [1.807, 2.05) is 48.7 Å². The van der Waals surface area contributed by atoms with Gasteiger partial charge in [0.25, 0.3) is 5.91 Å². The van der Waals surface area contributed by atoms with Gasteiger partial charge in [0.05, 0.1) is 12.7 Å². The minimum atomic E-state index is -0.226. The molecule has 8 nitrogen and oxygen atoms in total. The zero-order chi connectivity index (χ0) is 26.7. The van der Waals surface area contributed by atoms with Crippen LogP contribution in [0.5, 0.6) is 5.75 Å². The van der Waals surface area contributed by atoms with Gasteiger partial charge in [-0.25, -0.2) is 0 Å². The number of aromatic amines is 1. The number of aromatic nitrogens is 2. The number of carbonyl (C=O) groups is 2. The lowest BCUT2D eigenvalue weighted by Gasteiger charge is -2.28. The van der Waals surface area contributed by atoms with E-state index in [4.69, 9.17) is 9.47 Å². The van der Waals surface area contributed by atoms with Gasteiger partial charge < -0.3 is 24.3 Å². The molecule has 38 heavy (non-hydrogen) atoms. The van der Waals surface area contributed by atoms with E-state index in [9.17, 15) is 9.59 Å². The molecule has 0 atom stereocenters. The molecule has 1 N–H and O–H groups in total. The molecule has 0 radical (unpaired) electrons. The molecule has 0 saturated carbocycles. The van der Waals surface area contributed by atoms with Gasteiger partial charge in [0.1, 0.15) is 12.3 Å². The van der Waals surface area contributed by atoms with E-state index in [-0.39, 0.29) is 18.4 Å². The van der Waals surface area contributed by atoms with E-state index in [1.54, 1.807) is 42.3 Å². The van der Waals surface area contributed by atoms with Gasteiger partial charge in [-0.15, -0.1) is 0 Å². The number of H-pyrrole nitrogens is 1. The maximum atomic E-state index is 13.8. The number of nitrogens with zero attached hydrogens (tertiary/aromatic N) is 3. The number of carbonyl (C=O) groups excluding carboxylic acids is 2. The van der Waals surface area contributed by atoms with Crippen LogP contribution in [0.1, 0.15) is 27.9 Å². The molecular weight excluding hydrogens is 480 g/mol. The highest BCUT2D eigenvalue weighted by Crippen LogP contribution is 2.22. The van der Waals surface area contributed by atoms with Crippen molar-refractivity contribution in [1.29, 1.82) is 0 Å². The first-order valence-electron chi connectivity index (χ1n) is 12.7. The number of pyridine rings is 1. The third-order valence-electron chi connectivity index (χ3n) is 6.53. The number of methoxy groups -OCH3 is 2. The van der Waals surface area contributed by atoms with Crippen molar-refractivity contribution in [2.75, 3.05) is 40.5 Å². The standard InChI is InChI=1S/C30H34N4O4/c1-37-18-8-16-34(30(36)24-10-7-15-31-19-24)22-29(35)33(21-25-9-3-6-13-28(25)38-2)17-14-23-20-32-27-12-5-4-11-26(23)27/h3-7,9-13,15,19-20,32H,8,14,16-18,21-22H2,1-2H3. The van der Waals surface area contributed by atoms with Gasteiger partial charge in [-0.05, 0) is 42.7 Å². The number of benzene rings is 2. The number of hydrogen-bond donors (Lipinski definition) is 1. The van der Waals surface area contributed by atoms with Crippen LogP contribution < -0.4 is 4.74 Å². The average Bonchev–Trinajstić information content (AvgIpc) is 3.38. The minimum absolute atomic E-state index is 0.0412. The summed E-state index contributed by atoms with van der Waals surface area (Å²) in [6.07, 6.45) is 6.44. The van der Waals surface area contributed by atoms with Gasteiger partial charge in [-0.2, -0.15) is 0 Å². The largest absolute Gasteiger partial charge is 0.496 e. The molecule has 198 valence electrons. The van der Waals surface area contributed by atoms with Crippen molar-refractivity contribution >= 4 is 22.7 Å². The summed E-state index contributed by atoms with van der Waals surface area (Å²) in [4.78, 5) is 37.9. The van der Waals surface area contributed by atoms with Crippen molar-refractivity contribution in [3.8, 4) is 5.75 Å². The Hall–Kier alpha value is -4.17. The summed E-state index contributed by atoms with van der Waals surface area (Å²) in [5.41, 5.74) is 3.57. The highest BCUT2D eigenvalue weighted by Gasteiger charge is 2.23. The Bertz CT molecular complexity index is 1340. The second-order valence-electron chi connectivity index (χ2n) is 9.05. The molecule has 0 spiro atoms. The van der Waals surface area contributed by atoms with Crippen molar-refractivity contribution in [3.63, 3.8) is 0 Å². The highest BCUT2D eigenvalue weighted by molar-refractivity contribution is 5.96. The van der Waals surface area contributed by atoms with Gasteiger partial charge >= 0.3 is 0 Å². The van der Waals surface area contributed by atoms with Crippen LogP contribution in [-0.4, -0.2) is 72.0 Å². The maximum Gasteiger partial charge on any atom is 0.255 e. The van der Waals surface area contributed by atoms with E-state index >= 15 is 0 Å². The summed E-state index contributed by atoms with van der Waals surface area (Å²) < 4.78 is 10.7. The number of nitrogens with one attached hydrogen (secondary N) is 1. The molecule has 0 fully saturated rings. The molecule has 2 amide bonds. The predicted molar refractivity (Wildman–Crippen MR) is 147 cm³/mol. The molecule has 0 bridgehead atoms. The summed E-state index contributed by atoms with van der Waals surface area (Å²) in [6.45, 7) is 1.72. The van der Waals surface area contributed by atoms with Gasteiger partial charge in [-0.1, -0.05) is 36.4 Å². The maximum absolute atomic E-state index is 13.8. The first-order chi connectivity index (χ1) is 18.6. The molecule has 0 aliphatic carbocycles. The van der Waals surface area contributed by atoms with Crippen LogP contribution in [0.15, 0.2) is 79.3 Å². The fourth-order valence-electron chi connectivity index (χ4n) is 4.51. The molecule has 4 rings (SSSR count). The smallest absolute Gasteiger partial charge is 0.255 e. The predicted octanol–water partition coefficient (Wildman–Crippen LogP) is 4.32. The molecule has 4 aromatic rings. The Morgan fingerprint density at radius 1 is 0.921 bits per heavy atom. The molecule has 2 heterocycles. The molecule has 0 aliphatic rings. The highest BCUT2D eigenvalue weighted by atomic mass is 16.5. The van der Waals surface area contributed by atoms with Crippen molar-refractivity contribution in [3.05, 3.63) is 95.9 Å². The van der Waals surface area contributed by atoms with E-state index < -0.39 is 0 Å². The number of amides is 2. The van der Waals surface area contributed by atoms with Crippen LogP contribution >= 0.6 is 0 Å². The van der Waals surface area contributed by atoms with E-state index in [2.05, 4.69) is 16.0 Å². The summed E-state index contributed by atoms with van der Waals surface area (Å²) in [6, 6.07) is 19.3. The van der Waals surface area contributed by atoms with Gasteiger partial charge in [0, 0.05) is 68.4 Å². The topological polar surface area (TPSA) is 87.8 Å². The van der Waals surface area contributed by atoms with Crippen LogP contribution in [0, 0.1) is 0 Å². The fourth-order valence-corrected chi connectivity index (χ4v) is 4.51. The second-order valence-corrected chi connectivity index (χ2v) is 9.05. The third kappa shape index (κ3) is 6.77. The molecule has 0 saturated heterocycles. The fraction of sp³-hybridized carbons (Fsp3) is 0.300. The van der Waals surface area contributed by atoms with Crippen LogP contribution in [-0.2, 0) is 22.5 Å². The number of hydrogen-bond acceptors (Lipinski definition) is 5. The van der Waals surface area contributed by atoms with Crippen molar-refractivity contribution < 1.29 is 19.1 Å². The quantitative estimate of drug-likeness (QED) is 0.269. The zero-order valence-electron chi connectivity index (χ0n) is 21.9. The Labute approximate surface area is 223 Å². The molecular formula is C30H34N4O4. The lowest BCUT2D eigenvalue weighted by atomic mass is 10.1. The molecule has 0 aliphatic heterocycles. The Kier molecular flexibility index (Phi) is 9.48. The van der Waals surface area contributed by atoms with Crippen molar-refractivity contribution in [2.45, 2.75) is 19.4 Å². The summed E-state index contributed by atoms with van der Waals surface area (Å²) in [7, 11) is 3.25. The first kappa shape index (κ1) is 26.9. The number of fused-ring (bicyclic) bond motifs is 1. The number of para-hydroxylation sites is 2. The number of rotatable bonds is 13. The lowest BCUT2D eigenvalue weighted by molar-refractivity contribution is -0.132. The molecule has 2 aromatic carbocycles. The van der Waals surface area contributed by atoms with Crippen molar-refractivity contribution in [1.82, 2.24) is 19.8 Å². The Morgan fingerprint density at radius 2 is 1.74 bits per heavy atom. The summed E-state index contributed by atoms with van der Waals surface area (Å²) in [5, 5.41) is 1.14. The average molecular weight is 515 g/mol. The van der Waals surface area contributed by atoms with E-state index in [0.717, 1.165) is 27.8 Å². The van der Waals surface area contributed by atoms with Gasteiger partial charge in [0.15, 0.2) is 0 Å². The second kappa shape index (κ2) is 13.4. The monoisotopic (exact) mass is 514 g/mol. The minimum Gasteiger partial charge on any atom is -0.496 e. The molecule has 2 aromatic heterocycles. The van der Waals surface area contributed by atoms with Crippen LogP contribution in [0.25, 0.3) is 10.9 Å². The van der Waals surface area contributed by atoms with Crippen LogP contribution in [0.2, 0.25) is 0 Å². The van der Waals surface area contributed by atoms with Crippen LogP contribution in [0.4, 0.5) is 0 Å². The van der Waals surface area contributed by atoms with E-state index in [0.29, 0.717) is 44.6 Å². The van der Waals surface area contributed by atoms with Crippen molar-refractivity contribution in [2.24, 2.45) is 0 Å².